The van der Waals surface area contributed by atoms with Crippen molar-refractivity contribution in [2.24, 2.45) is 4.99 Å². The van der Waals surface area contributed by atoms with Crippen LogP contribution in [0.4, 0.5) is 5.69 Å². The molecule has 0 atom stereocenters. The average Bonchev–Trinajstić information content (AvgIpc) is 2.78. The van der Waals surface area contributed by atoms with Gasteiger partial charge in [-0.25, -0.2) is 0 Å². The van der Waals surface area contributed by atoms with Crippen molar-refractivity contribution in [1.29, 1.82) is 0 Å². The zero-order chi connectivity index (χ0) is 22.1. The highest BCUT2D eigenvalue weighted by molar-refractivity contribution is 14.0. The summed E-state index contributed by atoms with van der Waals surface area (Å²) in [7, 11) is 1.70. The fraction of sp³-hybridized carbons (Fsp3) is 0.417. The van der Waals surface area contributed by atoms with Gasteiger partial charge < -0.3 is 25.0 Å². The number of ether oxygens (including phenoxy) is 2. The van der Waals surface area contributed by atoms with E-state index in [0.717, 1.165) is 49.1 Å². The van der Waals surface area contributed by atoms with Crippen LogP contribution in [0, 0.1) is 6.92 Å². The lowest BCUT2D eigenvalue weighted by Crippen LogP contribution is -2.40. The third kappa shape index (κ3) is 7.01. The van der Waals surface area contributed by atoms with Crippen LogP contribution in [0.25, 0.3) is 0 Å². The summed E-state index contributed by atoms with van der Waals surface area (Å²) in [6, 6.07) is 13.9. The van der Waals surface area contributed by atoms with Crippen molar-refractivity contribution in [1.82, 2.24) is 10.6 Å². The third-order valence-electron chi connectivity index (χ3n) is 5.08. The molecule has 0 unspecified atom stereocenters. The number of benzene rings is 2. The molecule has 0 spiro atoms. The number of hydrogen-bond donors (Lipinski definition) is 2. The molecule has 8 heteroatoms. The molecule has 3 rings (SSSR count). The molecular formula is C24H33IN4O3. The first-order valence-corrected chi connectivity index (χ1v) is 10.8. The molecule has 2 aromatic rings. The van der Waals surface area contributed by atoms with Gasteiger partial charge >= 0.3 is 0 Å². The van der Waals surface area contributed by atoms with Gasteiger partial charge in [-0.2, -0.15) is 0 Å². The number of guanidine groups is 1. The van der Waals surface area contributed by atoms with E-state index in [1.165, 1.54) is 11.1 Å². The van der Waals surface area contributed by atoms with Crippen LogP contribution in [-0.4, -0.2) is 51.8 Å². The van der Waals surface area contributed by atoms with Gasteiger partial charge in [0, 0.05) is 26.2 Å². The van der Waals surface area contributed by atoms with Gasteiger partial charge in [-0.1, -0.05) is 29.8 Å². The minimum Gasteiger partial charge on any atom is -0.496 e. The number of carbonyl (C=O) groups excluding carboxylic acids is 1. The van der Waals surface area contributed by atoms with Crippen molar-refractivity contribution in [3.05, 3.63) is 53.6 Å². The van der Waals surface area contributed by atoms with Crippen LogP contribution < -0.4 is 25.0 Å². The van der Waals surface area contributed by atoms with E-state index in [2.05, 4.69) is 34.7 Å². The molecule has 2 aromatic carbocycles. The normalized spacial score (nSPS) is 13.0. The minimum absolute atomic E-state index is 0. The van der Waals surface area contributed by atoms with E-state index < -0.39 is 0 Å². The lowest BCUT2D eigenvalue weighted by atomic mass is 10.1. The number of rotatable bonds is 9. The Labute approximate surface area is 207 Å². The Balaban J connectivity index is 0.00000363. The number of anilines is 1. The van der Waals surface area contributed by atoms with Gasteiger partial charge in [0.2, 0.25) is 0 Å². The molecule has 1 aliphatic rings. The van der Waals surface area contributed by atoms with Crippen LogP contribution in [0.1, 0.15) is 24.5 Å². The van der Waals surface area contributed by atoms with Gasteiger partial charge in [0.15, 0.2) is 12.6 Å². The number of para-hydroxylation sites is 2. The highest BCUT2D eigenvalue weighted by Gasteiger charge is 2.24. The second kappa shape index (κ2) is 13.1. The lowest BCUT2D eigenvalue weighted by Gasteiger charge is -2.29. The van der Waals surface area contributed by atoms with Gasteiger partial charge in [-0.05, 0) is 50.5 Å². The second-order valence-corrected chi connectivity index (χ2v) is 7.41. The number of hydrogen-bond acceptors (Lipinski definition) is 4. The van der Waals surface area contributed by atoms with E-state index in [-0.39, 0.29) is 36.5 Å². The second-order valence-electron chi connectivity index (χ2n) is 7.41. The van der Waals surface area contributed by atoms with E-state index in [0.29, 0.717) is 13.1 Å². The Bertz CT molecular complexity index is 920. The van der Waals surface area contributed by atoms with Gasteiger partial charge in [0.25, 0.3) is 5.91 Å². The quantitative estimate of drug-likeness (QED) is 0.216. The molecule has 1 aliphatic heterocycles. The number of aliphatic imine (C=N–C) groups is 1. The Morgan fingerprint density at radius 3 is 2.81 bits per heavy atom. The number of aryl methyl sites for hydroxylation is 1. The summed E-state index contributed by atoms with van der Waals surface area (Å²) in [5.41, 5.74) is 3.23. The van der Waals surface area contributed by atoms with Crippen molar-refractivity contribution in [2.75, 3.05) is 44.8 Å². The molecule has 0 aliphatic carbocycles. The molecule has 174 valence electrons. The summed E-state index contributed by atoms with van der Waals surface area (Å²) >= 11 is 0. The molecule has 0 saturated heterocycles. The van der Waals surface area contributed by atoms with Gasteiger partial charge in [-0.3, -0.25) is 9.79 Å². The van der Waals surface area contributed by atoms with Crippen LogP contribution in [0.5, 0.6) is 11.5 Å². The predicted octanol–water partition coefficient (Wildman–Crippen LogP) is 3.53. The SMILES string of the molecule is CCNC(=NCCCN1C(=O)COc2ccccc21)NCCc1cc(C)ccc1OC.I. The Kier molecular flexibility index (Phi) is 10.6. The van der Waals surface area contributed by atoms with Gasteiger partial charge in [-0.15, -0.1) is 24.0 Å². The van der Waals surface area contributed by atoms with Crippen LogP contribution in [0.15, 0.2) is 47.5 Å². The van der Waals surface area contributed by atoms with Crippen molar-refractivity contribution >= 4 is 41.5 Å². The van der Waals surface area contributed by atoms with E-state index in [9.17, 15) is 4.79 Å². The molecular weight excluding hydrogens is 519 g/mol. The maximum Gasteiger partial charge on any atom is 0.265 e. The van der Waals surface area contributed by atoms with Crippen LogP contribution in [0.2, 0.25) is 0 Å². The summed E-state index contributed by atoms with van der Waals surface area (Å²) in [6.07, 6.45) is 1.61. The molecule has 0 saturated carbocycles. The number of amides is 1. The Hall–Kier alpha value is -2.49. The maximum atomic E-state index is 12.3. The topological polar surface area (TPSA) is 75.2 Å². The van der Waals surface area contributed by atoms with E-state index in [1.807, 2.05) is 37.3 Å². The first-order chi connectivity index (χ1) is 15.1. The summed E-state index contributed by atoms with van der Waals surface area (Å²) in [5, 5.41) is 6.66. The van der Waals surface area contributed by atoms with Crippen molar-refractivity contribution in [3.63, 3.8) is 0 Å². The first kappa shape index (κ1) is 25.8. The highest BCUT2D eigenvalue weighted by Crippen LogP contribution is 2.31. The summed E-state index contributed by atoms with van der Waals surface area (Å²) in [5.74, 6) is 2.43. The number of fused-ring (bicyclic) bond motifs is 1. The molecule has 0 radical (unpaired) electrons. The molecule has 0 fully saturated rings. The van der Waals surface area contributed by atoms with Gasteiger partial charge in [0.05, 0.1) is 12.8 Å². The fourth-order valence-corrected chi connectivity index (χ4v) is 3.58. The summed E-state index contributed by atoms with van der Waals surface area (Å²) in [6.45, 7) is 6.99. The summed E-state index contributed by atoms with van der Waals surface area (Å²) < 4.78 is 11.0. The van der Waals surface area contributed by atoms with Crippen LogP contribution >= 0.6 is 24.0 Å². The summed E-state index contributed by atoms with van der Waals surface area (Å²) in [4.78, 5) is 18.7. The molecule has 0 aromatic heterocycles. The molecule has 1 heterocycles. The van der Waals surface area contributed by atoms with Crippen LogP contribution in [0.3, 0.4) is 0 Å². The number of methoxy groups -OCH3 is 1. The van der Waals surface area contributed by atoms with E-state index in [4.69, 9.17) is 9.47 Å². The predicted molar refractivity (Wildman–Crippen MR) is 140 cm³/mol. The third-order valence-corrected chi connectivity index (χ3v) is 5.08. The number of nitrogens with zero attached hydrogens (tertiary/aromatic N) is 2. The fourth-order valence-electron chi connectivity index (χ4n) is 3.58. The largest absolute Gasteiger partial charge is 0.496 e. The van der Waals surface area contributed by atoms with Crippen molar-refractivity contribution < 1.29 is 14.3 Å². The number of carbonyl (C=O) groups is 1. The van der Waals surface area contributed by atoms with Crippen molar-refractivity contribution in [3.8, 4) is 11.5 Å². The molecule has 0 bridgehead atoms. The maximum absolute atomic E-state index is 12.3. The number of nitrogens with one attached hydrogen (secondary N) is 2. The Morgan fingerprint density at radius 2 is 2.03 bits per heavy atom. The zero-order valence-electron chi connectivity index (χ0n) is 19.0. The van der Waals surface area contributed by atoms with E-state index in [1.54, 1.807) is 12.0 Å². The molecule has 7 nitrogen and oxygen atoms in total. The van der Waals surface area contributed by atoms with Crippen molar-refractivity contribution in [2.45, 2.75) is 26.7 Å². The molecule has 32 heavy (non-hydrogen) atoms. The van der Waals surface area contributed by atoms with Gasteiger partial charge in [0.1, 0.15) is 11.5 Å². The average molecular weight is 552 g/mol. The van der Waals surface area contributed by atoms with E-state index >= 15 is 0 Å². The molecule has 1 amide bonds. The van der Waals surface area contributed by atoms with Crippen LogP contribution in [-0.2, 0) is 11.2 Å². The smallest absolute Gasteiger partial charge is 0.265 e. The standard InChI is InChI=1S/C24H32N4O3.HI/c1-4-25-24(27-14-12-19-16-18(2)10-11-21(19)30-3)26-13-7-15-28-20-8-5-6-9-22(20)31-17-23(28)29;/h5-6,8-11,16H,4,7,12-15,17H2,1-3H3,(H2,25,26,27);1H. The number of halogens is 1. The minimum atomic E-state index is -0.0141. The Morgan fingerprint density at radius 1 is 1.22 bits per heavy atom. The lowest BCUT2D eigenvalue weighted by molar-refractivity contribution is -0.121. The zero-order valence-corrected chi connectivity index (χ0v) is 21.3. The highest BCUT2D eigenvalue weighted by atomic mass is 127. The first-order valence-electron chi connectivity index (χ1n) is 10.8. The monoisotopic (exact) mass is 552 g/mol. The molecule has 2 N–H and O–H groups in total.